The van der Waals surface area contributed by atoms with Crippen molar-refractivity contribution in [3.05, 3.63) is 58.7 Å². The van der Waals surface area contributed by atoms with Crippen LogP contribution in [0.15, 0.2) is 36.4 Å². The highest BCUT2D eigenvalue weighted by atomic mass is 32.2. The Morgan fingerprint density at radius 2 is 0.859 bits per heavy atom. The van der Waals surface area contributed by atoms with Crippen LogP contribution in [0.4, 0.5) is 125 Å². The maximum atomic E-state index is 14.4. The quantitative estimate of drug-likeness (QED) is 0.106. The second-order valence-corrected chi connectivity index (χ2v) is 15.6. The molecule has 0 radical (unpaired) electrons. The van der Waals surface area contributed by atoms with Crippen molar-refractivity contribution in [2.75, 3.05) is 16.8 Å². The van der Waals surface area contributed by atoms with Crippen molar-refractivity contribution in [3.8, 4) is 5.75 Å². The van der Waals surface area contributed by atoms with Gasteiger partial charge >= 0.3 is 77.7 Å². The molecule has 0 aromatic heterocycles. The number of carbonyl (C=O) groups is 1. The molecular weight excluding hydrogens is 1000 g/mol. The molecule has 0 unspecified atom stereocenters. The molecule has 368 valence electrons. The first-order chi connectivity index (χ1) is 28.3. The Morgan fingerprint density at radius 3 is 1.23 bits per heavy atom. The summed E-state index contributed by atoms with van der Waals surface area (Å²) in [4.78, 5) is 12.6. The number of benzene rings is 2. The van der Waals surface area contributed by atoms with E-state index in [1.807, 2.05) is 0 Å². The maximum Gasteiger partial charge on any atom is 0.460 e. The molecule has 0 aliphatic heterocycles. The standard InChI is InChI=1S/C33H25F26NO2S2/c1-15-3-5-19(6-4-15)60-21(61)62-20-16(2)11-17(13-63-9-7-22(34,35)24(38,39)26(42,43)28(46,47)30(50,51)32(54,55)56)12-18(20)14-64-10-8-23(36,37)25(40,41)27(44,45)29(48,49)31(52,53)33(57,58)59/h3-6,11-12H,7-10,13-14H2,1-2H3,(H,60,61). The minimum atomic E-state index is -8.16. The van der Waals surface area contributed by atoms with Crippen LogP contribution in [0, 0.1) is 13.8 Å². The minimum absolute atomic E-state index is 0.0197. The van der Waals surface area contributed by atoms with Crippen LogP contribution in [0.25, 0.3) is 0 Å². The fourth-order valence-electron chi connectivity index (χ4n) is 4.83. The summed E-state index contributed by atoms with van der Waals surface area (Å²) < 4.78 is 355. The summed E-state index contributed by atoms with van der Waals surface area (Å²) in [5.74, 6) is -81.8. The van der Waals surface area contributed by atoms with Crippen molar-refractivity contribution in [1.82, 2.24) is 0 Å². The molecule has 0 aliphatic rings. The largest absolute Gasteiger partial charge is 0.460 e. The highest BCUT2D eigenvalue weighted by Gasteiger charge is 2.92. The molecular formula is C33H25F26NO2S2. The summed E-state index contributed by atoms with van der Waals surface area (Å²) in [7, 11) is 0. The van der Waals surface area contributed by atoms with Gasteiger partial charge in [-0.05, 0) is 48.6 Å². The van der Waals surface area contributed by atoms with Gasteiger partial charge in [0, 0.05) is 35.6 Å². The molecule has 31 heteroatoms. The lowest BCUT2D eigenvalue weighted by Crippen LogP contribution is -2.70. The number of carbonyl (C=O) groups excluding carboxylic acids is 1. The number of aryl methyl sites for hydroxylation is 2. The van der Waals surface area contributed by atoms with Crippen LogP contribution in [0.2, 0.25) is 0 Å². The molecule has 3 nitrogen and oxygen atoms in total. The molecule has 0 bridgehead atoms. The number of anilines is 1. The second-order valence-electron chi connectivity index (χ2n) is 13.4. The van der Waals surface area contributed by atoms with Crippen LogP contribution in [0.1, 0.15) is 35.1 Å². The first kappa shape index (κ1) is 56.7. The van der Waals surface area contributed by atoms with Crippen LogP contribution in [-0.2, 0) is 11.5 Å². The van der Waals surface area contributed by atoms with Crippen molar-refractivity contribution in [2.24, 2.45) is 0 Å². The van der Waals surface area contributed by atoms with E-state index in [9.17, 15) is 119 Å². The molecule has 0 aliphatic carbocycles. The molecule has 0 atom stereocenters. The highest BCUT2D eigenvalue weighted by molar-refractivity contribution is 7.98. The Kier molecular flexibility index (Phi) is 16.3. The molecule has 0 saturated heterocycles. The molecule has 2 aromatic rings. The van der Waals surface area contributed by atoms with Crippen LogP contribution in [0.3, 0.4) is 0 Å². The van der Waals surface area contributed by atoms with Crippen LogP contribution < -0.4 is 10.1 Å². The molecule has 1 amide bonds. The number of hydrogen-bond donors (Lipinski definition) is 1. The van der Waals surface area contributed by atoms with Crippen LogP contribution in [-0.4, -0.2) is 89.2 Å². The topological polar surface area (TPSA) is 38.3 Å². The van der Waals surface area contributed by atoms with E-state index < -0.39 is 125 Å². The van der Waals surface area contributed by atoms with Gasteiger partial charge in [-0.3, -0.25) is 5.32 Å². The van der Waals surface area contributed by atoms with E-state index in [4.69, 9.17) is 4.74 Å². The van der Waals surface area contributed by atoms with E-state index in [1.54, 1.807) is 6.92 Å². The van der Waals surface area contributed by atoms with E-state index in [0.29, 0.717) is 5.56 Å². The molecule has 0 fully saturated rings. The lowest BCUT2D eigenvalue weighted by Gasteiger charge is -2.39. The van der Waals surface area contributed by atoms with E-state index in [0.717, 1.165) is 19.1 Å². The van der Waals surface area contributed by atoms with Crippen molar-refractivity contribution < 1.29 is 124 Å². The number of halogens is 26. The van der Waals surface area contributed by atoms with Crippen molar-refractivity contribution in [1.29, 1.82) is 0 Å². The average Bonchev–Trinajstić information content (AvgIpc) is 3.12. The number of amides is 1. The first-order valence-corrected chi connectivity index (χ1v) is 18.9. The van der Waals surface area contributed by atoms with Crippen LogP contribution >= 0.6 is 23.5 Å². The van der Waals surface area contributed by atoms with E-state index >= 15 is 0 Å². The third-order valence-corrected chi connectivity index (χ3v) is 10.6. The van der Waals surface area contributed by atoms with Gasteiger partial charge in [-0.2, -0.15) is 138 Å². The van der Waals surface area contributed by atoms with E-state index in [-0.39, 0.29) is 40.3 Å². The third kappa shape index (κ3) is 10.4. The number of rotatable bonds is 20. The lowest BCUT2D eigenvalue weighted by atomic mass is 9.93. The molecule has 1 N–H and O–H groups in total. The number of hydrogen-bond acceptors (Lipinski definition) is 4. The van der Waals surface area contributed by atoms with Gasteiger partial charge in [-0.1, -0.05) is 29.8 Å². The SMILES string of the molecule is Cc1ccc(NC(=O)Oc2c(C)cc(CSCCC(F)(F)C(F)(F)C(F)(F)C(F)(F)C(F)(F)C(F)(F)F)cc2CSCCC(F)(F)C(F)(F)C(F)(F)C(F)(F)C(F)(F)C(F)(F)F)cc1. The normalized spacial score (nSPS) is 14.8. The zero-order chi connectivity index (χ0) is 50.4. The summed E-state index contributed by atoms with van der Waals surface area (Å²) in [5, 5.41) is 2.20. The molecule has 2 aromatic carbocycles. The summed E-state index contributed by atoms with van der Waals surface area (Å²) in [5.41, 5.74) is -0.161. The Bertz CT molecular complexity index is 1930. The Hall–Kier alpha value is -3.41. The Morgan fingerprint density at radius 1 is 0.500 bits per heavy atom. The molecule has 0 heterocycles. The monoisotopic (exact) mass is 1030 g/mol. The van der Waals surface area contributed by atoms with Crippen molar-refractivity contribution >= 4 is 35.3 Å². The zero-order valence-corrected chi connectivity index (χ0v) is 32.8. The van der Waals surface area contributed by atoms with E-state index in [1.165, 1.54) is 24.3 Å². The summed E-state index contributed by atoms with van der Waals surface area (Å²) in [6, 6.07) is 7.44. The van der Waals surface area contributed by atoms with Gasteiger partial charge in [0.25, 0.3) is 0 Å². The maximum absolute atomic E-state index is 14.4. The number of nitrogens with one attached hydrogen (secondary N) is 1. The average molecular weight is 1030 g/mol. The number of ether oxygens (including phenoxy) is 1. The predicted molar refractivity (Wildman–Crippen MR) is 175 cm³/mol. The smallest absolute Gasteiger partial charge is 0.409 e. The van der Waals surface area contributed by atoms with Gasteiger partial charge in [-0.15, -0.1) is 0 Å². The van der Waals surface area contributed by atoms with Crippen molar-refractivity contribution in [3.63, 3.8) is 0 Å². The first-order valence-electron chi connectivity index (χ1n) is 16.6. The van der Waals surface area contributed by atoms with Crippen molar-refractivity contribution in [2.45, 2.75) is 110 Å². The van der Waals surface area contributed by atoms with Gasteiger partial charge in [0.1, 0.15) is 5.75 Å². The van der Waals surface area contributed by atoms with Gasteiger partial charge in [0.05, 0.1) is 0 Å². The fourth-order valence-corrected chi connectivity index (χ4v) is 6.76. The second kappa shape index (κ2) is 18.3. The predicted octanol–water partition coefficient (Wildman–Crippen LogP) is 14.6. The summed E-state index contributed by atoms with van der Waals surface area (Å²) in [6.07, 6.45) is -21.9. The lowest BCUT2D eigenvalue weighted by molar-refractivity contribution is -0.439. The van der Waals surface area contributed by atoms with Gasteiger partial charge in [0.2, 0.25) is 0 Å². The third-order valence-electron chi connectivity index (χ3n) is 8.55. The summed E-state index contributed by atoms with van der Waals surface area (Å²) in [6.45, 7) is 2.70. The molecule has 0 saturated carbocycles. The Labute approximate surface area is 350 Å². The fraction of sp³-hybridized carbons (Fsp3) is 0.606. The number of alkyl halides is 26. The highest BCUT2D eigenvalue weighted by Crippen LogP contribution is 2.62. The zero-order valence-electron chi connectivity index (χ0n) is 31.2. The molecule has 64 heavy (non-hydrogen) atoms. The molecule has 0 spiro atoms. The van der Waals surface area contributed by atoms with Gasteiger partial charge in [-0.25, -0.2) is 4.79 Å². The van der Waals surface area contributed by atoms with Gasteiger partial charge in [0.15, 0.2) is 0 Å². The Balaban J connectivity index is 2.38. The van der Waals surface area contributed by atoms with E-state index in [2.05, 4.69) is 5.32 Å². The van der Waals surface area contributed by atoms with Gasteiger partial charge < -0.3 is 4.74 Å². The summed E-state index contributed by atoms with van der Waals surface area (Å²) >= 11 is -0.0280. The number of thioether (sulfide) groups is 2. The molecule has 2 rings (SSSR count). The van der Waals surface area contributed by atoms with Crippen LogP contribution in [0.5, 0.6) is 5.75 Å². The minimum Gasteiger partial charge on any atom is -0.409 e.